The predicted octanol–water partition coefficient (Wildman–Crippen LogP) is 3.39. The Morgan fingerprint density at radius 2 is 1.36 bits per heavy atom. The maximum atomic E-state index is 3.65. The summed E-state index contributed by atoms with van der Waals surface area (Å²) in [6.45, 7) is 22.5. The van der Waals surface area contributed by atoms with Gasteiger partial charge in [-0.25, -0.2) is 11.1 Å². The molecule has 0 bridgehead atoms. The van der Waals surface area contributed by atoms with Gasteiger partial charge in [-0.3, -0.25) is 12.2 Å². The van der Waals surface area contributed by atoms with E-state index in [9.17, 15) is 0 Å². The standard InChI is InChI=1S/C25H25.C10H15.CH2.2ClH.Zr/c1-14-12-24(3,4)22-8-16-7-17-9-23-19(15(2)13-25(23,5)6)11-21(17)20(16)10-18(14)22;1-7(2)10-6-8(3)5-9(10)4;;;;/h8-12H,7H2,1-6H3;6-8H,1-4H3;1H2;2*1H;/q2*-1;;;;+2/p-2. The second kappa shape index (κ2) is 12.3. The summed E-state index contributed by atoms with van der Waals surface area (Å²) in [5.74, 6) is 1.20. The topological polar surface area (TPSA) is 0 Å². The summed E-state index contributed by atoms with van der Waals surface area (Å²) in [5.41, 5.74) is 17.4. The number of halogens is 2. The minimum absolute atomic E-state index is 0. The van der Waals surface area contributed by atoms with E-state index in [0.717, 1.165) is 6.42 Å². The molecular formula is C36H42Cl2Zr-2. The zero-order chi connectivity index (χ0) is 27.4. The van der Waals surface area contributed by atoms with Crippen LogP contribution in [-0.4, -0.2) is 4.21 Å². The van der Waals surface area contributed by atoms with Crippen molar-refractivity contribution in [2.45, 2.75) is 86.5 Å². The van der Waals surface area contributed by atoms with E-state index in [1.807, 2.05) is 0 Å². The minimum atomic E-state index is 0. The molecule has 4 aliphatic carbocycles. The Labute approximate surface area is 265 Å². The Balaban J connectivity index is 0.000000326. The van der Waals surface area contributed by atoms with Crippen molar-refractivity contribution >= 4 is 15.4 Å². The SMILES string of the molecule is CC1=[C-]C(C)(C)c2cc3c(cc21)-c1cc2c(cc1C3)C(C)(C)C=C2C.CC1=[C-]C(C)C=C1C(C)C.[CH2]=[Zr+2].[Cl-].[Cl-]. The largest absolute Gasteiger partial charge is 1.00 e. The average Bonchev–Trinajstić information content (AvgIpc) is 3.48. The van der Waals surface area contributed by atoms with E-state index in [0.29, 0.717) is 11.8 Å². The first-order valence-electron chi connectivity index (χ1n) is 13.6. The Hall–Kier alpha value is -1.27. The van der Waals surface area contributed by atoms with Gasteiger partial charge in [-0.05, 0) is 58.4 Å². The molecule has 0 amide bonds. The summed E-state index contributed by atoms with van der Waals surface area (Å²) in [5, 5.41) is 0. The summed E-state index contributed by atoms with van der Waals surface area (Å²) in [6.07, 6.45) is 12.8. The first kappa shape index (κ1) is 33.9. The van der Waals surface area contributed by atoms with Crippen LogP contribution in [0.4, 0.5) is 0 Å². The zero-order valence-corrected chi connectivity index (χ0v) is 29.3. The van der Waals surface area contributed by atoms with Crippen molar-refractivity contribution in [2.24, 2.45) is 11.8 Å². The van der Waals surface area contributed by atoms with Gasteiger partial charge in [0.2, 0.25) is 0 Å². The average molecular weight is 637 g/mol. The van der Waals surface area contributed by atoms with Crippen LogP contribution in [0.2, 0.25) is 0 Å². The van der Waals surface area contributed by atoms with E-state index in [-0.39, 0.29) is 35.6 Å². The molecule has 1 unspecified atom stereocenters. The normalized spacial score (nSPS) is 19.8. The Kier molecular flexibility index (Phi) is 10.7. The molecule has 39 heavy (non-hydrogen) atoms. The second-order valence-corrected chi connectivity index (χ2v) is 12.5. The summed E-state index contributed by atoms with van der Waals surface area (Å²) < 4.78 is 3.34. The van der Waals surface area contributed by atoms with Crippen LogP contribution in [0.5, 0.6) is 0 Å². The molecule has 0 saturated carbocycles. The van der Waals surface area contributed by atoms with Crippen LogP contribution in [-0.2, 0) is 41.5 Å². The van der Waals surface area contributed by atoms with Gasteiger partial charge in [-0.1, -0.05) is 97.8 Å². The van der Waals surface area contributed by atoms with Crippen molar-refractivity contribution in [2.75, 3.05) is 0 Å². The smallest absolute Gasteiger partial charge is 1.00 e. The van der Waals surface area contributed by atoms with E-state index in [1.165, 1.54) is 91.0 Å². The van der Waals surface area contributed by atoms with Gasteiger partial charge in [0, 0.05) is 5.41 Å². The molecule has 206 valence electrons. The molecule has 1 atom stereocenters. The van der Waals surface area contributed by atoms with Crippen LogP contribution in [0, 0.1) is 24.0 Å². The zero-order valence-electron chi connectivity index (χ0n) is 25.3. The molecular weight excluding hydrogens is 595 g/mol. The predicted molar refractivity (Wildman–Crippen MR) is 158 cm³/mol. The number of allylic oxidation sites excluding steroid dienone is 8. The van der Waals surface area contributed by atoms with Gasteiger partial charge < -0.3 is 24.8 Å². The monoisotopic (exact) mass is 634 g/mol. The summed E-state index contributed by atoms with van der Waals surface area (Å²) in [7, 11) is 0. The molecule has 6 rings (SSSR count). The molecule has 0 saturated heterocycles. The van der Waals surface area contributed by atoms with Crippen LogP contribution in [0.15, 0.2) is 47.6 Å². The fourth-order valence-electron chi connectivity index (χ4n) is 6.76. The van der Waals surface area contributed by atoms with Crippen molar-refractivity contribution in [1.29, 1.82) is 0 Å². The Morgan fingerprint density at radius 3 is 1.85 bits per heavy atom. The maximum absolute atomic E-state index is 3.65. The van der Waals surface area contributed by atoms with Crippen LogP contribution < -0.4 is 24.8 Å². The maximum Gasteiger partial charge on any atom is -1.00 e. The molecule has 2 aromatic rings. The molecule has 0 radical (unpaired) electrons. The van der Waals surface area contributed by atoms with E-state index in [1.54, 1.807) is 0 Å². The van der Waals surface area contributed by atoms with Gasteiger partial charge in [0.05, 0.1) is 0 Å². The van der Waals surface area contributed by atoms with Gasteiger partial charge in [-0.15, -0.1) is 11.6 Å². The third kappa shape index (κ3) is 6.17. The molecule has 0 fully saturated rings. The van der Waals surface area contributed by atoms with Gasteiger partial charge in [0.1, 0.15) is 0 Å². The quantitative estimate of drug-likeness (QED) is 0.360. The number of benzene rings is 2. The summed E-state index contributed by atoms with van der Waals surface area (Å²) in [4.78, 5) is 0. The first-order valence-corrected chi connectivity index (χ1v) is 15.4. The Bertz CT molecular complexity index is 1310. The minimum Gasteiger partial charge on any atom is -1.00 e. The third-order valence-corrected chi connectivity index (χ3v) is 8.36. The number of rotatable bonds is 1. The van der Waals surface area contributed by atoms with E-state index in [4.69, 9.17) is 0 Å². The van der Waals surface area contributed by atoms with Crippen LogP contribution in [0.25, 0.3) is 22.3 Å². The van der Waals surface area contributed by atoms with Crippen molar-refractivity contribution in [3.05, 3.63) is 93.1 Å². The van der Waals surface area contributed by atoms with Gasteiger partial charge in [-0.2, -0.15) is 17.2 Å². The third-order valence-electron chi connectivity index (χ3n) is 8.36. The fourth-order valence-corrected chi connectivity index (χ4v) is 6.76. The molecule has 2 aromatic carbocycles. The molecule has 3 heteroatoms. The molecule has 0 aliphatic heterocycles. The van der Waals surface area contributed by atoms with Crippen molar-refractivity contribution in [1.82, 2.24) is 0 Å². The van der Waals surface area contributed by atoms with Crippen LogP contribution in [0.1, 0.15) is 103 Å². The van der Waals surface area contributed by atoms with Crippen LogP contribution in [0.3, 0.4) is 0 Å². The number of hydrogen-bond acceptors (Lipinski definition) is 0. The van der Waals surface area contributed by atoms with Crippen LogP contribution >= 0.6 is 0 Å². The van der Waals surface area contributed by atoms with Gasteiger partial charge >= 0.3 is 28.4 Å². The molecule has 4 aliphatic rings. The molecule has 0 N–H and O–H groups in total. The number of fused-ring (bicyclic) bond motifs is 5. The number of hydrogen-bond donors (Lipinski definition) is 0. The summed E-state index contributed by atoms with van der Waals surface area (Å²) >= 11 is 1.30. The van der Waals surface area contributed by atoms with E-state index in [2.05, 4.69) is 122 Å². The first-order chi connectivity index (χ1) is 17.3. The molecule has 0 spiro atoms. The van der Waals surface area contributed by atoms with Crippen molar-refractivity contribution in [3.8, 4) is 11.1 Å². The van der Waals surface area contributed by atoms with Crippen molar-refractivity contribution in [3.63, 3.8) is 0 Å². The van der Waals surface area contributed by atoms with Gasteiger partial charge in [0.15, 0.2) is 0 Å². The molecule has 0 heterocycles. The molecule has 0 nitrogen and oxygen atoms in total. The Morgan fingerprint density at radius 1 is 0.821 bits per heavy atom. The fraction of sp³-hybridized carbons (Fsp3) is 0.417. The van der Waals surface area contributed by atoms with Crippen molar-refractivity contribution < 1.29 is 49.0 Å². The summed E-state index contributed by atoms with van der Waals surface area (Å²) in [6, 6.07) is 9.81. The van der Waals surface area contributed by atoms with E-state index < -0.39 is 0 Å². The van der Waals surface area contributed by atoms with E-state index >= 15 is 0 Å². The molecule has 0 aromatic heterocycles. The second-order valence-electron chi connectivity index (χ2n) is 12.5. The van der Waals surface area contributed by atoms with Gasteiger partial charge in [0.25, 0.3) is 0 Å².